The van der Waals surface area contributed by atoms with Crippen molar-refractivity contribution in [1.29, 1.82) is 0 Å². The van der Waals surface area contributed by atoms with Crippen LogP contribution in [0.2, 0.25) is 0 Å². The molecule has 0 heteroatoms. The summed E-state index contributed by atoms with van der Waals surface area (Å²) in [6.45, 7) is 7.02. The van der Waals surface area contributed by atoms with Crippen LogP contribution in [-0.2, 0) is 0 Å². The Morgan fingerprint density at radius 1 is 0.562 bits per heavy atom. The first kappa shape index (κ1) is 16.0. The van der Waals surface area contributed by atoms with Gasteiger partial charge in [-0.1, -0.05) is 97.8 Å². The van der Waals surface area contributed by atoms with Gasteiger partial charge in [0.1, 0.15) is 0 Å². The van der Waals surface area contributed by atoms with E-state index in [1.165, 1.54) is 77.0 Å². The Morgan fingerprint density at radius 3 is 1.44 bits per heavy atom. The molecule has 0 unspecified atom stereocenters. The van der Waals surface area contributed by atoms with Crippen LogP contribution in [0.25, 0.3) is 0 Å². The fourth-order valence-electron chi connectivity index (χ4n) is 2.34. The Hall–Kier alpha value is 0. The lowest BCUT2D eigenvalue weighted by molar-refractivity contribution is 0.434. The van der Waals surface area contributed by atoms with Gasteiger partial charge in [0.05, 0.1) is 0 Å². The van der Waals surface area contributed by atoms with E-state index in [1.54, 1.807) is 0 Å². The van der Waals surface area contributed by atoms with Gasteiger partial charge in [-0.05, 0) is 5.92 Å². The molecule has 0 radical (unpaired) electrons. The zero-order chi connectivity index (χ0) is 12.1. The molecule has 0 amide bonds. The first-order valence-corrected chi connectivity index (χ1v) is 7.81. The third-order valence-corrected chi connectivity index (χ3v) is 3.60. The van der Waals surface area contributed by atoms with Crippen LogP contribution in [0.5, 0.6) is 0 Å². The van der Waals surface area contributed by atoms with Crippen molar-refractivity contribution < 1.29 is 0 Å². The van der Waals surface area contributed by atoms with Crippen LogP contribution in [0.3, 0.4) is 0 Å². The molecule has 0 nitrogen and oxygen atoms in total. The van der Waals surface area contributed by atoms with E-state index in [2.05, 4.69) is 20.8 Å². The lowest BCUT2D eigenvalue weighted by atomic mass is 9.96. The van der Waals surface area contributed by atoms with E-state index < -0.39 is 0 Å². The van der Waals surface area contributed by atoms with Crippen molar-refractivity contribution in [3.05, 3.63) is 0 Å². The second-order valence-electron chi connectivity index (χ2n) is 5.51. The van der Waals surface area contributed by atoms with Gasteiger partial charge in [0.15, 0.2) is 0 Å². The van der Waals surface area contributed by atoms with Crippen LogP contribution in [0, 0.1) is 5.92 Å². The summed E-state index contributed by atoms with van der Waals surface area (Å²) in [7, 11) is 0. The Bertz CT molecular complexity index is 117. The number of hydrogen-bond acceptors (Lipinski definition) is 0. The lowest BCUT2D eigenvalue weighted by Gasteiger charge is -2.10. The molecule has 0 aromatic rings. The van der Waals surface area contributed by atoms with Crippen LogP contribution in [-0.4, -0.2) is 0 Å². The minimum Gasteiger partial charge on any atom is -0.0654 e. The van der Waals surface area contributed by atoms with Gasteiger partial charge in [-0.2, -0.15) is 0 Å². The summed E-state index contributed by atoms with van der Waals surface area (Å²) in [5.41, 5.74) is 0. The van der Waals surface area contributed by atoms with Crippen molar-refractivity contribution in [2.24, 2.45) is 5.92 Å². The molecule has 0 aliphatic heterocycles. The molecule has 0 fully saturated rings. The topological polar surface area (TPSA) is 0 Å². The van der Waals surface area contributed by atoms with E-state index in [1.807, 2.05) is 0 Å². The molecule has 0 aromatic heterocycles. The van der Waals surface area contributed by atoms with Crippen LogP contribution in [0.15, 0.2) is 0 Å². The molecule has 0 bridgehead atoms. The molecule has 0 spiro atoms. The summed E-state index contributed by atoms with van der Waals surface area (Å²) in [4.78, 5) is 0. The minimum absolute atomic E-state index is 0.975. The van der Waals surface area contributed by atoms with E-state index in [-0.39, 0.29) is 0 Å². The molecule has 0 aliphatic rings. The number of hydrogen-bond donors (Lipinski definition) is 0. The summed E-state index contributed by atoms with van der Waals surface area (Å²) in [6.07, 6.45) is 17.3. The van der Waals surface area contributed by atoms with Crippen LogP contribution in [0.1, 0.15) is 97.8 Å². The maximum absolute atomic E-state index is 2.44. The van der Waals surface area contributed by atoms with Gasteiger partial charge in [0.25, 0.3) is 0 Å². The van der Waals surface area contributed by atoms with Crippen molar-refractivity contribution in [3.63, 3.8) is 0 Å². The van der Waals surface area contributed by atoms with Crippen molar-refractivity contribution in [1.82, 2.24) is 0 Å². The average Bonchev–Trinajstić information content (AvgIpc) is 2.29. The quantitative estimate of drug-likeness (QED) is 0.340. The highest BCUT2D eigenvalue weighted by molar-refractivity contribution is 4.55. The molecule has 0 N–H and O–H groups in total. The normalized spacial score (nSPS) is 12.9. The van der Waals surface area contributed by atoms with Gasteiger partial charge in [-0.25, -0.2) is 0 Å². The highest BCUT2D eigenvalue weighted by atomic mass is 14.1. The maximum Gasteiger partial charge on any atom is -0.0443 e. The molecular weight excluding hydrogens is 192 g/mol. The standard InChI is InChI=1S/C16H34/c1-4-6-8-10-11-13-15-16(3)14-12-9-7-5-2/h16H,4-15H2,1-3H3/t16-/m0/s1. The Balaban J connectivity index is 3.08. The van der Waals surface area contributed by atoms with E-state index in [4.69, 9.17) is 0 Å². The molecule has 0 heterocycles. The average molecular weight is 226 g/mol. The van der Waals surface area contributed by atoms with Crippen LogP contribution >= 0.6 is 0 Å². The zero-order valence-corrected chi connectivity index (χ0v) is 12.1. The molecule has 98 valence electrons. The van der Waals surface area contributed by atoms with Crippen LogP contribution in [0.4, 0.5) is 0 Å². The monoisotopic (exact) mass is 226 g/mol. The van der Waals surface area contributed by atoms with Crippen molar-refractivity contribution in [3.8, 4) is 0 Å². The first-order chi connectivity index (χ1) is 7.81. The fraction of sp³-hybridized carbons (Fsp3) is 1.00. The second kappa shape index (κ2) is 13.1. The van der Waals surface area contributed by atoms with E-state index in [0.717, 1.165) is 5.92 Å². The highest BCUT2D eigenvalue weighted by Crippen LogP contribution is 2.17. The minimum atomic E-state index is 0.975. The zero-order valence-electron chi connectivity index (χ0n) is 12.1. The predicted molar refractivity (Wildman–Crippen MR) is 75.9 cm³/mol. The van der Waals surface area contributed by atoms with Gasteiger partial charge in [-0.15, -0.1) is 0 Å². The van der Waals surface area contributed by atoms with Gasteiger partial charge in [0.2, 0.25) is 0 Å². The number of rotatable bonds is 12. The second-order valence-corrected chi connectivity index (χ2v) is 5.51. The molecule has 0 aliphatic carbocycles. The van der Waals surface area contributed by atoms with Gasteiger partial charge < -0.3 is 0 Å². The Morgan fingerprint density at radius 2 is 0.938 bits per heavy atom. The van der Waals surface area contributed by atoms with Crippen molar-refractivity contribution in [2.45, 2.75) is 97.8 Å². The molecule has 0 saturated carbocycles. The summed E-state index contributed by atoms with van der Waals surface area (Å²) >= 11 is 0. The third-order valence-electron chi connectivity index (χ3n) is 3.60. The maximum atomic E-state index is 2.44. The Kier molecular flexibility index (Phi) is 13.1. The lowest BCUT2D eigenvalue weighted by Crippen LogP contribution is -1.95. The summed E-state index contributed by atoms with van der Waals surface area (Å²) in [6, 6.07) is 0. The Labute approximate surface area is 104 Å². The van der Waals surface area contributed by atoms with Crippen molar-refractivity contribution >= 4 is 0 Å². The summed E-state index contributed by atoms with van der Waals surface area (Å²) in [5, 5.41) is 0. The highest BCUT2D eigenvalue weighted by Gasteiger charge is 2.01. The largest absolute Gasteiger partial charge is 0.0654 e. The number of unbranched alkanes of at least 4 members (excludes halogenated alkanes) is 8. The first-order valence-electron chi connectivity index (χ1n) is 7.81. The molecule has 0 aromatic carbocycles. The van der Waals surface area contributed by atoms with E-state index >= 15 is 0 Å². The molecule has 16 heavy (non-hydrogen) atoms. The molecule has 0 rings (SSSR count). The summed E-state index contributed by atoms with van der Waals surface area (Å²) in [5.74, 6) is 0.975. The predicted octanol–water partition coefficient (Wildman–Crippen LogP) is 6.34. The smallest absolute Gasteiger partial charge is 0.0443 e. The fourth-order valence-corrected chi connectivity index (χ4v) is 2.34. The van der Waals surface area contributed by atoms with Gasteiger partial charge in [-0.3, -0.25) is 0 Å². The summed E-state index contributed by atoms with van der Waals surface area (Å²) < 4.78 is 0. The van der Waals surface area contributed by atoms with Gasteiger partial charge in [0, 0.05) is 0 Å². The third kappa shape index (κ3) is 12.1. The molecule has 1 atom stereocenters. The van der Waals surface area contributed by atoms with Crippen LogP contribution < -0.4 is 0 Å². The SMILES string of the molecule is CCCCCCCC[C@@H](C)CCCCCC. The van der Waals surface area contributed by atoms with Crippen molar-refractivity contribution in [2.75, 3.05) is 0 Å². The van der Waals surface area contributed by atoms with Gasteiger partial charge >= 0.3 is 0 Å². The molecular formula is C16H34. The van der Waals surface area contributed by atoms with E-state index in [9.17, 15) is 0 Å². The van der Waals surface area contributed by atoms with E-state index in [0.29, 0.717) is 0 Å². The molecule has 0 saturated heterocycles.